The summed E-state index contributed by atoms with van der Waals surface area (Å²) < 4.78 is 0. The molecule has 0 aromatic carbocycles. The van der Waals surface area contributed by atoms with Crippen LogP contribution in [0.15, 0.2) is 0 Å². The van der Waals surface area contributed by atoms with Gasteiger partial charge in [-0.2, -0.15) is 0 Å². The standard InChI is InChI=1S/Mg.Ti.V.W.2H/q+2;;;;2*-1. The molecule has 19 valence electrons. The topological polar surface area (TPSA) is 0 Å². The zero-order valence-electron chi connectivity index (χ0n) is 4.06. The van der Waals surface area contributed by atoms with Crippen molar-refractivity contribution in [2.24, 2.45) is 0 Å². The van der Waals surface area contributed by atoms with Crippen LogP contribution in [0.2, 0.25) is 0 Å². The molecule has 4 heteroatoms. The van der Waals surface area contributed by atoms with E-state index in [1.807, 2.05) is 0 Å². The van der Waals surface area contributed by atoms with Gasteiger partial charge < -0.3 is 2.85 Å². The molecule has 0 bridgehead atoms. The van der Waals surface area contributed by atoms with E-state index in [1.54, 1.807) is 0 Å². The van der Waals surface area contributed by atoms with Gasteiger partial charge >= 0.3 is 23.1 Å². The maximum Gasteiger partial charge on any atom is 2.00 e. The van der Waals surface area contributed by atoms with Crippen LogP contribution in [-0.2, 0) is 61.3 Å². The van der Waals surface area contributed by atoms with Gasteiger partial charge in [-0.15, -0.1) is 0 Å². The summed E-state index contributed by atoms with van der Waals surface area (Å²) >= 11 is 0. The van der Waals surface area contributed by atoms with Crippen LogP contribution in [0.25, 0.3) is 0 Å². The predicted octanol–water partition coefficient (Wildman–Crippen LogP) is -0.163. The molecule has 0 nitrogen and oxygen atoms in total. The fourth-order valence-corrected chi connectivity index (χ4v) is 0. The molecular formula is H2MgTiVW. The summed E-state index contributed by atoms with van der Waals surface area (Å²) in [5, 5.41) is 0. The number of hydrogen-bond donors (Lipinski definition) is 0. The van der Waals surface area contributed by atoms with Crippen molar-refractivity contribution >= 4 is 23.1 Å². The first-order valence-corrected chi connectivity index (χ1v) is 0. The number of rotatable bonds is 0. The molecule has 0 aliphatic carbocycles. The van der Waals surface area contributed by atoms with E-state index in [0.717, 1.165) is 0 Å². The molecule has 0 atom stereocenters. The van der Waals surface area contributed by atoms with Crippen LogP contribution in [0.1, 0.15) is 2.85 Å². The van der Waals surface area contributed by atoms with Crippen molar-refractivity contribution in [3.8, 4) is 0 Å². The number of hydrogen-bond acceptors (Lipinski definition) is 0. The first-order valence-electron chi connectivity index (χ1n) is 0. The Hall–Kier alpha value is 2.75. The van der Waals surface area contributed by atoms with E-state index in [9.17, 15) is 0 Å². The van der Waals surface area contributed by atoms with Crippen LogP contribution in [0.3, 0.4) is 0 Å². The van der Waals surface area contributed by atoms with Gasteiger partial charge in [0.1, 0.15) is 0 Å². The van der Waals surface area contributed by atoms with Crippen LogP contribution < -0.4 is 0 Å². The predicted molar refractivity (Wildman–Crippen MR) is 7.98 cm³/mol. The third-order valence-electron chi connectivity index (χ3n) is 0. The van der Waals surface area contributed by atoms with Gasteiger partial charge in [0.15, 0.2) is 0 Å². The van der Waals surface area contributed by atoms with Crippen LogP contribution >= 0.6 is 0 Å². The maximum absolute atomic E-state index is 0. The minimum atomic E-state index is 0. The van der Waals surface area contributed by atoms with Crippen molar-refractivity contribution < 1.29 is 64.2 Å². The van der Waals surface area contributed by atoms with Crippen molar-refractivity contribution in [1.29, 1.82) is 0 Å². The molecule has 0 saturated heterocycles. The summed E-state index contributed by atoms with van der Waals surface area (Å²) in [4.78, 5) is 0. The largest absolute Gasteiger partial charge is 2.00 e. The Morgan fingerprint density at radius 3 is 1.25 bits per heavy atom. The van der Waals surface area contributed by atoms with Crippen molar-refractivity contribution in [3.05, 3.63) is 0 Å². The van der Waals surface area contributed by atoms with Gasteiger partial charge in [-0.3, -0.25) is 0 Å². The van der Waals surface area contributed by atoms with E-state index in [-0.39, 0.29) is 87.2 Å². The molecule has 0 aromatic heterocycles. The third-order valence-corrected chi connectivity index (χ3v) is 0. The molecule has 0 aromatic rings. The average Bonchev–Trinajstić information content (AvgIpc) is 0. The van der Waals surface area contributed by atoms with E-state index in [0.29, 0.717) is 0 Å². The van der Waals surface area contributed by atoms with E-state index in [2.05, 4.69) is 0 Å². The third kappa shape index (κ3) is 8.83. The van der Waals surface area contributed by atoms with Crippen molar-refractivity contribution in [3.63, 3.8) is 0 Å². The monoisotopic (exact) mass is 309 g/mol. The Morgan fingerprint density at radius 1 is 1.25 bits per heavy atom. The SMILES string of the molecule is [H-].[H-].[Mg+2].[Ti].[V].[W]. The molecule has 0 amide bonds. The van der Waals surface area contributed by atoms with E-state index in [4.69, 9.17) is 0 Å². The first kappa shape index (κ1) is 29.5. The van der Waals surface area contributed by atoms with E-state index in [1.165, 1.54) is 0 Å². The normalized spacial score (nSPS) is 0. The molecule has 1 radical (unpaired) electrons. The average molecular weight is 309 g/mol. The Morgan fingerprint density at radius 2 is 1.25 bits per heavy atom. The van der Waals surface area contributed by atoms with Gasteiger partial charge in [0.2, 0.25) is 0 Å². The Balaban J connectivity index is 0. The summed E-state index contributed by atoms with van der Waals surface area (Å²) in [6.07, 6.45) is 0. The second kappa shape index (κ2) is 17.1. The quantitative estimate of drug-likeness (QED) is 0.546. The molecule has 0 spiro atoms. The van der Waals surface area contributed by atoms with Gasteiger partial charge in [0.25, 0.3) is 0 Å². The fourth-order valence-electron chi connectivity index (χ4n) is 0. The minimum absolute atomic E-state index is 0. The molecular weight excluding hydrogens is 307 g/mol. The zero-order valence-corrected chi connectivity index (χ0v) is 9.37. The summed E-state index contributed by atoms with van der Waals surface area (Å²) in [5.41, 5.74) is 0. The first-order chi connectivity index (χ1) is 0. The Labute approximate surface area is 86.0 Å². The molecule has 4 heavy (non-hydrogen) atoms. The van der Waals surface area contributed by atoms with Crippen LogP contribution in [0.4, 0.5) is 0 Å². The van der Waals surface area contributed by atoms with Crippen molar-refractivity contribution in [2.75, 3.05) is 0 Å². The van der Waals surface area contributed by atoms with E-state index < -0.39 is 0 Å². The van der Waals surface area contributed by atoms with Gasteiger partial charge in [-0.25, -0.2) is 0 Å². The van der Waals surface area contributed by atoms with Crippen LogP contribution in [0.5, 0.6) is 0 Å². The molecule has 0 aliphatic heterocycles. The van der Waals surface area contributed by atoms with Crippen LogP contribution in [-0.4, -0.2) is 23.1 Å². The second-order valence-electron chi connectivity index (χ2n) is 0. The fraction of sp³-hybridized carbons (Fsp3) is 0. The summed E-state index contributed by atoms with van der Waals surface area (Å²) in [7, 11) is 0. The molecule has 0 rings (SSSR count). The van der Waals surface area contributed by atoms with Gasteiger partial charge in [0, 0.05) is 61.3 Å². The Kier molecular flexibility index (Phi) is 126. The smallest absolute Gasteiger partial charge is 1.00 e. The molecule has 0 unspecified atom stereocenters. The molecule has 0 saturated carbocycles. The summed E-state index contributed by atoms with van der Waals surface area (Å²) in [6, 6.07) is 0. The molecule has 0 fully saturated rings. The maximum atomic E-state index is 0. The molecule has 0 N–H and O–H groups in total. The minimum Gasteiger partial charge on any atom is -1.00 e. The van der Waals surface area contributed by atoms with Gasteiger partial charge in [-0.1, -0.05) is 0 Å². The van der Waals surface area contributed by atoms with Gasteiger partial charge in [0.05, 0.1) is 0 Å². The van der Waals surface area contributed by atoms with Crippen LogP contribution in [0, 0.1) is 0 Å². The zero-order chi connectivity index (χ0) is 0. The molecule has 0 heterocycles. The van der Waals surface area contributed by atoms with Gasteiger partial charge in [-0.05, 0) is 0 Å². The van der Waals surface area contributed by atoms with Crippen molar-refractivity contribution in [2.45, 2.75) is 0 Å². The van der Waals surface area contributed by atoms with Crippen molar-refractivity contribution in [1.82, 2.24) is 0 Å². The second-order valence-corrected chi connectivity index (χ2v) is 0. The summed E-state index contributed by atoms with van der Waals surface area (Å²) in [6.45, 7) is 0. The molecule has 0 aliphatic rings. The Bertz CT molecular complexity index is 13.5. The summed E-state index contributed by atoms with van der Waals surface area (Å²) in [5.74, 6) is 0. The van der Waals surface area contributed by atoms with E-state index >= 15 is 0 Å².